The van der Waals surface area contributed by atoms with E-state index in [2.05, 4.69) is 20.4 Å². The third-order valence-corrected chi connectivity index (χ3v) is 3.96. The van der Waals surface area contributed by atoms with Crippen molar-refractivity contribution in [2.24, 2.45) is 5.73 Å². The maximum absolute atomic E-state index is 12.5. The van der Waals surface area contributed by atoms with Gasteiger partial charge in [0.15, 0.2) is 0 Å². The molecule has 0 radical (unpaired) electrons. The molecule has 1 unspecified atom stereocenters. The lowest BCUT2D eigenvalue weighted by Crippen LogP contribution is -2.22. The van der Waals surface area contributed by atoms with Crippen LogP contribution >= 0.6 is 12.4 Å². The molecule has 0 fully saturated rings. The summed E-state index contributed by atoms with van der Waals surface area (Å²) in [6.45, 7) is 4.07. The van der Waals surface area contributed by atoms with Gasteiger partial charge in [0.1, 0.15) is 5.82 Å². The number of hydrogen-bond acceptors (Lipinski definition) is 5. The van der Waals surface area contributed by atoms with Crippen molar-refractivity contribution in [3.8, 4) is 5.95 Å². The molecular weight excluding hydrogens is 364 g/mol. The number of carbonyl (C=O) groups is 1. The highest BCUT2D eigenvalue weighted by atomic mass is 35.5. The second-order valence-corrected chi connectivity index (χ2v) is 6.34. The van der Waals surface area contributed by atoms with E-state index in [0.29, 0.717) is 11.8 Å². The largest absolute Gasteiger partial charge is 0.324 e. The summed E-state index contributed by atoms with van der Waals surface area (Å²) in [6, 6.07) is 12.8. The van der Waals surface area contributed by atoms with Gasteiger partial charge < -0.3 is 11.1 Å². The molecular formula is C19H23ClN6O. The monoisotopic (exact) mass is 386 g/mol. The van der Waals surface area contributed by atoms with Gasteiger partial charge in [-0.25, -0.2) is 9.97 Å². The van der Waals surface area contributed by atoms with E-state index in [-0.39, 0.29) is 36.7 Å². The molecule has 3 aromatic rings. The van der Waals surface area contributed by atoms with Gasteiger partial charge in [-0.05, 0) is 17.5 Å². The minimum absolute atomic E-state index is 0. The number of aromatic nitrogens is 4. The second-order valence-electron chi connectivity index (χ2n) is 6.34. The Kier molecular flexibility index (Phi) is 7.04. The highest BCUT2D eigenvalue weighted by Crippen LogP contribution is 2.21. The minimum atomic E-state index is -0.370. The van der Waals surface area contributed by atoms with Gasteiger partial charge in [-0.1, -0.05) is 44.2 Å². The van der Waals surface area contributed by atoms with Crippen molar-refractivity contribution in [3.05, 3.63) is 66.1 Å². The van der Waals surface area contributed by atoms with Crippen molar-refractivity contribution >= 4 is 24.1 Å². The minimum Gasteiger partial charge on any atom is -0.324 e. The first-order chi connectivity index (χ1) is 12.5. The number of amides is 1. The molecule has 0 spiro atoms. The molecule has 27 heavy (non-hydrogen) atoms. The molecule has 142 valence electrons. The maximum atomic E-state index is 12.5. The number of nitrogens with one attached hydrogen (secondary N) is 1. The van der Waals surface area contributed by atoms with Crippen LogP contribution < -0.4 is 11.1 Å². The van der Waals surface area contributed by atoms with Gasteiger partial charge in [-0.2, -0.15) is 9.78 Å². The molecule has 8 heteroatoms. The zero-order valence-electron chi connectivity index (χ0n) is 15.2. The molecule has 3 N–H and O–H groups in total. The lowest BCUT2D eigenvalue weighted by Gasteiger charge is -2.12. The number of halogens is 1. The van der Waals surface area contributed by atoms with Crippen LogP contribution in [0.25, 0.3) is 5.95 Å². The van der Waals surface area contributed by atoms with Crippen molar-refractivity contribution < 1.29 is 4.79 Å². The number of nitrogens with two attached hydrogens (primary N) is 1. The number of carbonyl (C=O) groups excluding carboxylic acids is 1. The quantitative estimate of drug-likeness (QED) is 0.677. The van der Waals surface area contributed by atoms with Gasteiger partial charge in [0, 0.05) is 30.9 Å². The summed E-state index contributed by atoms with van der Waals surface area (Å²) in [5, 5.41) is 7.40. The standard InChI is InChI=1S/C19H22N6O.ClH/c1-13(2)16-12-17(25(24-16)19-21-9-6-10-22-19)23-18(26)11-15(20)14-7-4-3-5-8-14;/h3-10,12-13,15H,11,20H2,1-2H3,(H,23,26);1H. The summed E-state index contributed by atoms with van der Waals surface area (Å²) >= 11 is 0. The van der Waals surface area contributed by atoms with Gasteiger partial charge in [-0.3, -0.25) is 4.79 Å². The molecule has 0 bridgehead atoms. The van der Waals surface area contributed by atoms with Crippen molar-refractivity contribution in [1.29, 1.82) is 0 Å². The topological polar surface area (TPSA) is 98.7 Å². The van der Waals surface area contributed by atoms with Crippen LogP contribution in [0.1, 0.15) is 43.5 Å². The summed E-state index contributed by atoms with van der Waals surface area (Å²) in [7, 11) is 0. The van der Waals surface area contributed by atoms with Crippen LogP contribution in [0.5, 0.6) is 0 Å². The third kappa shape index (κ3) is 5.12. The van der Waals surface area contributed by atoms with Crippen LogP contribution in [0, 0.1) is 0 Å². The zero-order valence-corrected chi connectivity index (χ0v) is 16.1. The number of nitrogens with zero attached hydrogens (tertiary/aromatic N) is 4. The second kappa shape index (κ2) is 9.25. The first-order valence-electron chi connectivity index (χ1n) is 8.52. The molecule has 2 aromatic heterocycles. The zero-order chi connectivity index (χ0) is 18.5. The Morgan fingerprint density at radius 2 is 1.81 bits per heavy atom. The van der Waals surface area contributed by atoms with Crippen LogP contribution in [-0.4, -0.2) is 25.7 Å². The first kappa shape index (κ1) is 20.5. The molecule has 1 atom stereocenters. The van der Waals surface area contributed by atoms with Crippen molar-refractivity contribution in [3.63, 3.8) is 0 Å². The first-order valence-corrected chi connectivity index (χ1v) is 8.52. The number of rotatable bonds is 6. The summed E-state index contributed by atoms with van der Waals surface area (Å²) in [5.74, 6) is 0.961. The van der Waals surface area contributed by atoms with Gasteiger partial charge in [-0.15, -0.1) is 12.4 Å². The molecule has 0 aliphatic carbocycles. The van der Waals surface area contributed by atoms with E-state index in [4.69, 9.17) is 5.73 Å². The molecule has 0 saturated heterocycles. The normalized spacial score (nSPS) is 11.7. The van der Waals surface area contributed by atoms with Crippen LogP contribution in [-0.2, 0) is 4.79 Å². The average Bonchev–Trinajstić information content (AvgIpc) is 3.07. The van der Waals surface area contributed by atoms with E-state index >= 15 is 0 Å². The van der Waals surface area contributed by atoms with E-state index in [0.717, 1.165) is 11.3 Å². The van der Waals surface area contributed by atoms with Crippen molar-refractivity contribution in [2.45, 2.75) is 32.2 Å². The Hall–Kier alpha value is -2.77. The Labute approximate surface area is 164 Å². The molecule has 3 rings (SSSR count). The van der Waals surface area contributed by atoms with Gasteiger partial charge in [0.25, 0.3) is 5.95 Å². The third-order valence-electron chi connectivity index (χ3n) is 3.96. The molecule has 0 aliphatic heterocycles. The predicted molar refractivity (Wildman–Crippen MR) is 107 cm³/mol. The fraction of sp³-hybridized carbons (Fsp3) is 0.263. The maximum Gasteiger partial charge on any atom is 0.252 e. The van der Waals surface area contributed by atoms with E-state index in [1.165, 1.54) is 0 Å². The average molecular weight is 387 g/mol. The number of benzene rings is 1. The van der Waals surface area contributed by atoms with E-state index in [1.54, 1.807) is 23.1 Å². The highest BCUT2D eigenvalue weighted by Gasteiger charge is 2.17. The number of hydrogen-bond donors (Lipinski definition) is 2. The van der Waals surface area contributed by atoms with E-state index in [1.807, 2.05) is 50.2 Å². The van der Waals surface area contributed by atoms with Crippen LogP contribution in [0.2, 0.25) is 0 Å². The molecule has 2 heterocycles. The highest BCUT2D eigenvalue weighted by molar-refractivity contribution is 5.90. The molecule has 1 amide bonds. The summed E-state index contributed by atoms with van der Waals surface area (Å²) < 4.78 is 1.54. The van der Waals surface area contributed by atoms with Gasteiger partial charge >= 0.3 is 0 Å². The fourth-order valence-corrected chi connectivity index (χ4v) is 2.54. The molecule has 7 nitrogen and oxygen atoms in total. The lowest BCUT2D eigenvalue weighted by atomic mass is 10.0. The Morgan fingerprint density at radius 1 is 1.15 bits per heavy atom. The molecule has 0 aliphatic rings. The lowest BCUT2D eigenvalue weighted by molar-refractivity contribution is -0.116. The Balaban J connectivity index is 0.00000261. The van der Waals surface area contributed by atoms with E-state index in [9.17, 15) is 4.79 Å². The molecule has 0 saturated carbocycles. The van der Waals surface area contributed by atoms with Crippen LogP contribution in [0.4, 0.5) is 5.82 Å². The number of anilines is 1. The predicted octanol–water partition coefficient (Wildman–Crippen LogP) is 3.24. The Bertz CT molecular complexity index is 866. The summed E-state index contributed by atoms with van der Waals surface area (Å²) in [5.41, 5.74) is 7.91. The van der Waals surface area contributed by atoms with Gasteiger partial charge in [0.05, 0.1) is 5.69 Å². The van der Waals surface area contributed by atoms with Crippen molar-refractivity contribution in [2.75, 3.05) is 5.32 Å². The van der Waals surface area contributed by atoms with Crippen LogP contribution in [0.3, 0.4) is 0 Å². The van der Waals surface area contributed by atoms with Crippen LogP contribution in [0.15, 0.2) is 54.9 Å². The van der Waals surface area contributed by atoms with Crippen molar-refractivity contribution in [1.82, 2.24) is 19.7 Å². The smallest absolute Gasteiger partial charge is 0.252 e. The SMILES string of the molecule is CC(C)c1cc(NC(=O)CC(N)c2ccccc2)n(-c2ncccn2)n1.Cl. The van der Waals surface area contributed by atoms with E-state index < -0.39 is 0 Å². The van der Waals surface area contributed by atoms with Gasteiger partial charge in [0.2, 0.25) is 5.91 Å². The summed E-state index contributed by atoms with van der Waals surface area (Å²) in [4.78, 5) is 20.9. The molecule has 1 aromatic carbocycles. The fourth-order valence-electron chi connectivity index (χ4n) is 2.54. The summed E-state index contributed by atoms with van der Waals surface area (Å²) in [6.07, 6.45) is 3.44. The Morgan fingerprint density at radius 3 is 2.44 bits per heavy atom.